The Labute approximate surface area is 163 Å². The van der Waals surface area contributed by atoms with Crippen molar-refractivity contribution in [1.82, 2.24) is 19.1 Å². The fourth-order valence-corrected chi connectivity index (χ4v) is 3.94. The standard InChI is InChI=1S/C17H27N5O5P/c1-5-10(27-28(25)9(2)3)6-11-13(23)14(24)17(26-11)22-8-19-12-15(18)21(4)7-20-16(12)22/h7-11,13-14,17-18,23-24H,5-6H2,1-4H3/q+1/t10?,11-,13-,14-,17+/m1/s1. The fourth-order valence-electron chi connectivity index (χ4n) is 3.17. The van der Waals surface area contributed by atoms with Gasteiger partial charge in [0.25, 0.3) is 0 Å². The predicted molar refractivity (Wildman–Crippen MR) is 101 cm³/mol. The molecule has 11 heteroatoms. The van der Waals surface area contributed by atoms with Gasteiger partial charge in [-0.05, 0) is 24.8 Å². The predicted octanol–water partition coefficient (Wildman–Crippen LogP) is 1.20. The van der Waals surface area contributed by atoms with E-state index in [4.69, 9.17) is 14.7 Å². The van der Waals surface area contributed by atoms with Crippen LogP contribution in [0.1, 0.15) is 39.8 Å². The second-order valence-electron chi connectivity index (χ2n) is 7.32. The van der Waals surface area contributed by atoms with Crippen LogP contribution in [0.5, 0.6) is 0 Å². The molecule has 1 aliphatic heterocycles. The van der Waals surface area contributed by atoms with Crippen molar-refractivity contribution in [2.24, 2.45) is 7.05 Å². The normalized spacial score (nSPS) is 26.9. The number of ether oxygens (including phenoxy) is 1. The molecular weight excluding hydrogens is 385 g/mol. The van der Waals surface area contributed by atoms with Gasteiger partial charge < -0.3 is 19.5 Å². The Hall–Kier alpha value is -1.71. The summed E-state index contributed by atoms with van der Waals surface area (Å²) in [7, 11) is -0.110. The Balaban J connectivity index is 1.80. The lowest BCUT2D eigenvalue weighted by Gasteiger charge is -2.18. The number of fused-ring (bicyclic) bond motifs is 1. The van der Waals surface area contributed by atoms with E-state index in [1.54, 1.807) is 7.05 Å². The molecule has 0 radical (unpaired) electrons. The summed E-state index contributed by atoms with van der Waals surface area (Å²) in [6.45, 7) is 5.56. The molecule has 2 aromatic heterocycles. The van der Waals surface area contributed by atoms with Crippen molar-refractivity contribution in [3.05, 3.63) is 18.1 Å². The number of aliphatic hydroxyl groups excluding tert-OH is 2. The molecule has 154 valence electrons. The SMILES string of the molecule is CCC(C[C@H]1O[C@H](n2cnc3c(=N)n(C)cnc32)[C@H](O)[C@@H]1O)O[P+](=O)C(C)C. The lowest BCUT2D eigenvalue weighted by Crippen LogP contribution is -2.33. The zero-order valence-electron chi connectivity index (χ0n) is 16.4. The maximum atomic E-state index is 12.0. The highest BCUT2D eigenvalue weighted by molar-refractivity contribution is 7.39. The number of hydrogen-bond acceptors (Lipinski definition) is 8. The van der Waals surface area contributed by atoms with Gasteiger partial charge in [-0.2, -0.15) is 0 Å². The second kappa shape index (κ2) is 8.34. The maximum Gasteiger partial charge on any atom is 0.510 e. The number of nitrogens with zero attached hydrogens (tertiary/aromatic N) is 4. The first-order chi connectivity index (χ1) is 13.2. The molecule has 1 saturated heterocycles. The smallest absolute Gasteiger partial charge is 0.388 e. The fraction of sp³-hybridized carbons (Fsp3) is 0.706. The average molecular weight is 412 g/mol. The first-order valence-corrected chi connectivity index (χ1v) is 10.6. The van der Waals surface area contributed by atoms with E-state index >= 15 is 0 Å². The van der Waals surface area contributed by atoms with E-state index < -0.39 is 32.6 Å². The molecule has 3 N–H and O–H groups in total. The quantitative estimate of drug-likeness (QED) is 0.582. The van der Waals surface area contributed by atoms with Gasteiger partial charge in [-0.3, -0.25) is 9.98 Å². The summed E-state index contributed by atoms with van der Waals surface area (Å²) in [5.41, 5.74) is 0.861. The number of aliphatic hydroxyl groups is 2. The lowest BCUT2D eigenvalue weighted by molar-refractivity contribution is -0.0463. The molecule has 2 unspecified atom stereocenters. The topological polar surface area (TPSA) is 135 Å². The molecule has 0 spiro atoms. The molecule has 0 aliphatic carbocycles. The van der Waals surface area contributed by atoms with Gasteiger partial charge in [-0.1, -0.05) is 6.92 Å². The first kappa shape index (κ1) is 21.0. The summed E-state index contributed by atoms with van der Waals surface area (Å²) in [5, 5.41) is 29.1. The Morgan fingerprint density at radius 2 is 2.04 bits per heavy atom. The minimum Gasteiger partial charge on any atom is -0.388 e. The lowest BCUT2D eigenvalue weighted by atomic mass is 10.0. The van der Waals surface area contributed by atoms with Crippen molar-refractivity contribution in [3.63, 3.8) is 0 Å². The minimum atomic E-state index is -1.81. The molecule has 0 saturated carbocycles. The third kappa shape index (κ3) is 3.88. The van der Waals surface area contributed by atoms with E-state index in [2.05, 4.69) is 9.97 Å². The summed E-state index contributed by atoms with van der Waals surface area (Å²) in [4.78, 5) is 8.47. The van der Waals surface area contributed by atoms with Crippen LogP contribution in [0.25, 0.3) is 11.2 Å². The van der Waals surface area contributed by atoms with E-state index in [-0.39, 0.29) is 17.3 Å². The molecular formula is C17H27N5O5P+. The second-order valence-corrected chi connectivity index (χ2v) is 9.14. The summed E-state index contributed by atoms with van der Waals surface area (Å²) >= 11 is 0. The van der Waals surface area contributed by atoms with Crippen LogP contribution in [0.15, 0.2) is 12.7 Å². The summed E-state index contributed by atoms with van der Waals surface area (Å²) in [6.07, 6.45) is -0.407. The number of rotatable bonds is 7. The first-order valence-electron chi connectivity index (χ1n) is 9.32. The zero-order chi connectivity index (χ0) is 20.6. The summed E-state index contributed by atoms with van der Waals surface area (Å²) in [6, 6.07) is 0. The van der Waals surface area contributed by atoms with Crippen molar-refractivity contribution in [1.29, 1.82) is 5.41 Å². The molecule has 1 fully saturated rings. The number of hydrogen-bond donors (Lipinski definition) is 3. The van der Waals surface area contributed by atoms with E-state index in [0.29, 0.717) is 24.0 Å². The van der Waals surface area contributed by atoms with Crippen LogP contribution in [0, 0.1) is 5.41 Å². The van der Waals surface area contributed by atoms with Crippen molar-refractivity contribution >= 4 is 19.2 Å². The highest BCUT2D eigenvalue weighted by Gasteiger charge is 2.45. The molecule has 2 aromatic rings. The third-order valence-corrected chi connectivity index (χ3v) is 6.28. The van der Waals surface area contributed by atoms with Gasteiger partial charge in [0, 0.05) is 13.5 Å². The van der Waals surface area contributed by atoms with Gasteiger partial charge in [0.1, 0.15) is 23.8 Å². The number of aromatic nitrogens is 4. The molecule has 3 heterocycles. The van der Waals surface area contributed by atoms with Gasteiger partial charge in [0.2, 0.25) is 0 Å². The average Bonchev–Trinajstić information content (AvgIpc) is 3.20. The van der Waals surface area contributed by atoms with E-state index in [9.17, 15) is 14.8 Å². The van der Waals surface area contributed by atoms with Crippen LogP contribution in [0.2, 0.25) is 0 Å². The zero-order valence-corrected chi connectivity index (χ0v) is 17.3. The van der Waals surface area contributed by atoms with E-state index in [0.717, 1.165) is 0 Å². The van der Waals surface area contributed by atoms with E-state index in [1.807, 2.05) is 20.8 Å². The van der Waals surface area contributed by atoms with Gasteiger partial charge in [-0.15, -0.1) is 4.52 Å². The molecule has 1 aliphatic rings. The number of nitrogens with one attached hydrogen (secondary N) is 1. The van der Waals surface area contributed by atoms with Crippen LogP contribution in [-0.2, 0) is 20.9 Å². The molecule has 0 aromatic carbocycles. The highest BCUT2D eigenvalue weighted by atomic mass is 31.1. The van der Waals surface area contributed by atoms with Gasteiger partial charge >= 0.3 is 8.03 Å². The van der Waals surface area contributed by atoms with Gasteiger partial charge in [0.15, 0.2) is 23.0 Å². The molecule has 10 nitrogen and oxygen atoms in total. The molecule has 0 amide bonds. The van der Waals surface area contributed by atoms with Crippen LogP contribution in [-0.4, -0.2) is 59.4 Å². The van der Waals surface area contributed by atoms with Crippen molar-refractivity contribution in [3.8, 4) is 0 Å². The van der Waals surface area contributed by atoms with Crippen LogP contribution in [0.3, 0.4) is 0 Å². The Bertz CT molecular complexity index is 913. The largest absolute Gasteiger partial charge is 0.510 e. The van der Waals surface area contributed by atoms with Gasteiger partial charge in [0.05, 0.1) is 18.8 Å². The van der Waals surface area contributed by atoms with Crippen molar-refractivity contribution < 1.29 is 24.0 Å². The number of aryl methyl sites for hydroxylation is 1. The van der Waals surface area contributed by atoms with Crippen molar-refractivity contribution in [2.45, 2.75) is 69.9 Å². The van der Waals surface area contributed by atoms with Crippen LogP contribution >= 0.6 is 8.03 Å². The summed E-state index contributed by atoms with van der Waals surface area (Å²) in [5.74, 6) is 0. The van der Waals surface area contributed by atoms with Crippen molar-refractivity contribution in [2.75, 3.05) is 0 Å². The third-order valence-electron chi connectivity index (χ3n) is 4.93. The minimum absolute atomic E-state index is 0.0967. The summed E-state index contributed by atoms with van der Waals surface area (Å²) < 4.78 is 26.6. The van der Waals surface area contributed by atoms with Crippen LogP contribution < -0.4 is 5.49 Å². The molecule has 3 rings (SSSR count). The molecule has 0 bridgehead atoms. The molecule has 28 heavy (non-hydrogen) atoms. The maximum absolute atomic E-state index is 12.0. The Morgan fingerprint density at radius 3 is 2.68 bits per heavy atom. The van der Waals surface area contributed by atoms with Gasteiger partial charge in [-0.25, -0.2) is 9.97 Å². The highest BCUT2D eigenvalue weighted by Crippen LogP contribution is 2.37. The Morgan fingerprint density at radius 1 is 1.32 bits per heavy atom. The number of imidazole rings is 1. The van der Waals surface area contributed by atoms with E-state index in [1.165, 1.54) is 21.8 Å². The molecule has 6 atom stereocenters. The Kier molecular flexibility index (Phi) is 6.26. The van der Waals surface area contributed by atoms with Crippen LogP contribution in [0.4, 0.5) is 0 Å². The monoisotopic (exact) mass is 412 g/mol.